The molecule has 0 aliphatic heterocycles. The average molecular weight is 282 g/mol. The lowest BCUT2D eigenvalue weighted by molar-refractivity contribution is 0.462. The summed E-state index contributed by atoms with van der Waals surface area (Å²) in [7, 11) is 0. The van der Waals surface area contributed by atoms with Gasteiger partial charge >= 0.3 is 0 Å². The van der Waals surface area contributed by atoms with Crippen LogP contribution in [0.1, 0.15) is 32.2 Å². The van der Waals surface area contributed by atoms with E-state index < -0.39 is 0 Å². The Balaban J connectivity index is 1.97. The first kappa shape index (κ1) is 13.9. The van der Waals surface area contributed by atoms with E-state index in [0.29, 0.717) is 5.92 Å². The van der Waals surface area contributed by atoms with Gasteiger partial charge in [0.25, 0.3) is 0 Å². The van der Waals surface area contributed by atoms with E-state index in [1.54, 1.807) is 6.33 Å². The number of hydrogen-bond donors (Lipinski definition) is 0. The zero-order chi connectivity index (χ0) is 14.8. The van der Waals surface area contributed by atoms with Gasteiger partial charge in [0, 0.05) is 12.7 Å². The molecule has 0 amide bonds. The van der Waals surface area contributed by atoms with Crippen LogP contribution in [0.2, 0.25) is 0 Å². The van der Waals surface area contributed by atoms with Gasteiger partial charge in [0.15, 0.2) is 0 Å². The van der Waals surface area contributed by atoms with Crippen molar-refractivity contribution in [3.05, 3.63) is 48.2 Å². The fourth-order valence-electron chi connectivity index (χ4n) is 2.82. The van der Waals surface area contributed by atoms with Crippen LogP contribution in [0.15, 0.2) is 36.8 Å². The Morgan fingerprint density at radius 2 is 2.05 bits per heavy atom. The molecule has 0 bridgehead atoms. The monoisotopic (exact) mass is 282 g/mol. The summed E-state index contributed by atoms with van der Waals surface area (Å²) in [6, 6.07) is 8.69. The number of aryl methyl sites for hydroxylation is 1. The van der Waals surface area contributed by atoms with Crippen molar-refractivity contribution in [2.24, 2.45) is 5.92 Å². The molecule has 21 heavy (non-hydrogen) atoms. The Bertz CT molecular complexity index is 736. The van der Waals surface area contributed by atoms with Gasteiger partial charge in [-0.25, -0.2) is 9.67 Å². The van der Waals surface area contributed by atoms with Gasteiger partial charge in [-0.1, -0.05) is 39.0 Å². The normalized spacial score (nSPS) is 11.6. The van der Waals surface area contributed by atoms with Gasteiger partial charge in [-0.05, 0) is 29.4 Å². The van der Waals surface area contributed by atoms with Crippen LogP contribution < -0.4 is 0 Å². The quantitative estimate of drug-likeness (QED) is 0.718. The molecule has 0 fully saturated rings. The lowest BCUT2D eigenvalue weighted by Crippen LogP contribution is -2.13. The molecule has 0 saturated heterocycles. The van der Waals surface area contributed by atoms with Crippen LogP contribution in [0, 0.1) is 5.92 Å². The van der Waals surface area contributed by atoms with Gasteiger partial charge in [-0.3, -0.25) is 0 Å². The minimum absolute atomic E-state index is 0.568. The third-order valence-corrected chi connectivity index (χ3v) is 3.80. The van der Waals surface area contributed by atoms with Crippen LogP contribution in [-0.2, 0) is 19.5 Å². The van der Waals surface area contributed by atoms with E-state index in [9.17, 15) is 0 Å². The molecule has 0 radical (unpaired) electrons. The third-order valence-electron chi connectivity index (χ3n) is 3.80. The van der Waals surface area contributed by atoms with Gasteiger partial charge in [0.2, 0.25) is 0 Å². The van der Waals surface area contributed by atoms with Crippen LogP contribution in [0.3, 0.4) is 0 Å². The van der Waals surface area contributed by atoms with E-state index in [-0.39, 0.29) is 0 Å². The van der Waals surface area contributed by atoms with Crippen LogP contribution >= 0.6 is 0 Å². The Morgan fingerprint density at radius 1 is 1.19 bits per heavy atom. The van der Waals surface area contributed by atoms with E-state index in [1.807, 2.05) is 4.68 Å². The maximum Gasteiger partial charge on any atom is 0.146 e. The second-order valence-electron chi connectivity index (χ2n) is 5.90. The molecule has 0 saturated carbocycles. The maximum atomic E-state index is 4.44. The zero-order valence-corrected chi connectivity index (χ0v) is 13.0. The summed E-state index contributed by atoms with van der Waals surface area (Å²) < 4.78 is 4.31. The number of hydrogen-bond acceptors (Lipinski definition) is 2. The molecule has 0 N–H and O–H groups in total. The minimum atomic E-state index is 0.568. The number of rotatable bonds is 5. The predicted octanol–water partition coefficient (Wildman–Crippen LogP) is 3.50. The van der Waals surface area contributed by atoms with E-state index in [0.717, 1.165) is 25.3 Å². The summed E-state index contributed by atoms with van der Waals surface area (Å²) in [4.78, 5) is 4.44. The average Bonchev–Trinajstić information content (AvgIpc) is 3.06. The van der Waals surface area contributed by atoms with Gasteiger partial charge in [-0.2, -0.15) is 5.10 Å². The summed E-state index contributed by atoms with van der Waals surface area (Å²) in [6.45, 7) is 8.28. The number of aromatic nitrogens is 4. The molecular formula is C17H22N4. The molecule has 1 aromatic carbocycles. The van der Waals surface area contributed by atoms with Crippen molar-refractivity contribution in [3.8, 4) is 0 Å². The highest BCUT2D eigenvalue weighted by Gasteiger charge is 2.10. The van der Waals surface area contributed by atoms with Crippen molar-refractivity contribution in [1.82, 2.24) is 19.3 Å². The van der Waals surface area contributed by atoms with Crippen molar-refractivity contribution >= 4 is 10.9 Å². The maximum absolute atomic E-state index is 4.44. The fourth-order valence-corrected chi connectivity index (χ4v) is 2.82. The second kappa shape index (κ2) is 5.72. The first-order valence-electron chi connectivity index (χ1n) is 7.62. The highest BCUT2D eigenvalue weighted by Crippen LogP contribution is 2.21. The molecule has 0 aliphatic rings. The highest BCUT2D eigenvalue weighted by atomic mass is 15.3. The van der Waals surface area contributed by atoms with E-state index in [1.165, 1.54) is 16.5 Å². The van der Waals surface area contributed by atoms with Crippen LogP contribution in [-0.4, -0.2) is 19.3 Å². The van der Waals surface area contributed by atoms with Crippen molar-refractivity contribution in [1.29, 1.82) is 0 Å². The summed E-state index contributed by atoms with van der Waals surface area (Å²) in [6.07, 6.45) is 4.85. The molecular weight excluding hydrogens is 260 g/mol. The van der Waals surface area contributed by atoms with Crippen molar-refractivity contribution in [2.45, 2.75) is 40.3 Å². The Morgan fingerprint density at radius 3 is 2.81 bits per heavy atom. The van der Waals surface area contributed by atoms with Crippen molar-refractivity contribution < 1.29 is 0 Å². The Hall–Kier alpha value is -2.10. The molecule has 0 spiro atoms. The summed E-state index contributed by atoms with van der Waals surface area (Å²) in [5.41, 5.74) is 2.70. The van der Waals surface area contributed by atoms with E-state index >= 15 is 0 Å². The fraction of sp³-hybridized carbons (Fsp3) is 0.412. The molecule has 2 aromatic heterocycles. The molecule has 4 heteroatoms. The van der Waals surface area contributed by atoms with Gasteiger partial charge in [-0.15, -0.1) is 0 Å². The standard InChI is InChI=1S/C17H22N4/c1-4-14-6-5-7-15-8-9-20(17(14)15)11-16-18-12-19-21(16)10-13(2)3/h5-9,12-13H,4,10-11H2,1-3H3. The molecule has 2 heterocycles. The van der Waals surface area contributed by atoms with Crippen LogP contribution in [0.5, 0.6) is 0 Å². The molecule has 3 aromatic rings. The Labute approximate surface area is 125 Å². The predicted molar refractivity (Wildman–Crippen MR) is 85.3 cm³/mol. The number of nitrogens with zero attached hydrogens (tertiary/aromatic N) is 4. The molecule has 3 rings (SSSR count). The smallest absolute Gasteiger partial charge is 0.146 e. The minimum Gasteiger partial charge on any atom is -0.340 e. The van der Waals surface area contributed by atoms with Crippen LogP contribution in [0.25, 0.3) is 10.9 Å². The van der Waals surface area contributed by atoms with Gasteiger partial charge < -0.3 is 4.57 Å². The first-order valence-corrected chi connectivity index (χ1v) is 7.62. The first-order chi connectivity index (χ1) is 10.2. The molecule has 0 atom stereocenters. The zero-order valence-electron chi connectivity index (χ0n) is 13.0. The second-order valence-corrected chi connectivity index (χ2v) is 5.90. The topological polar surface area (TPSA) is 35.6 Å². The number of benzene rings is 1. The van der Waals surface area contributed by atoms with Crippen molar-refractivity contribution in [3.63, 3.8) is 0 Å². The third kappa shape index (κ3) is 2.71. The SMILES string of the molecule is CCc1cccc2ccn(Cc3ncnn3CC(C)C)c12. The van der Waals surface area contributed by atoms with E-state index in [4.69, 9.17) is 0 Å². The van der Waals surface area contributed by atoms with Gasteiger partial charge in [0.1, 0.15) is 12.2 Å². The highest BCUT2D eigenvalue weighted by molar-refractivity contribution is 5.83. The summed E-state index contributed by atoms with van der Waals surface area (Å²) in [5, 5.41) is 5.65. The summed E-state index contributed by atoms with van der Waals surface area (Å²) in [5.74, 6) is 1.59. The number of fused-ring (bicyclic) bond motifs is 1. The largest absolute Gasteiger partial charge is 0.340 e. The van der Waals surface area contributed by atoms with Crippen LogP contribution in [0.4, 0.5) is 0 Å². The van der Waals surface area contributed by atoms with E-state index in [2.05, 4.69) is 65.9 Å². The number of para-hydroxylation sites is 1. The van der Waals surface area contributed by atoms with Crippen molar-refractivity contribution in [2.75, 3.05) is 0 Å². The molecule has 110 valence electrons. The molecule has 0 aliphatic carbocycles. The lowest BCUT2D eigenvalue weighted by atomic mass is 10.1. The Kier molecular flexibility index (Phi) is 3.78. The lowest BCUT2D eigenvalue weighted by Gasteiger charge is -2.11. The van der Waals surface area contributed by atoms with Gasteiger partial charge in [0.05, 0.1) is 12.1 Å². The molecule has 4 nitrogen and oxygen atoms in total. The molecule has 0 unspecified atom stereocenters. The summed E-state index contributed by atoms with van der Waals surface area (Å²) >= 11 is 0.